The molecule has 0 aliphatic carbocycles. The summed E-state index contributed by atoms with van der Waals surface area (Å²) < 4.78 is 5.78. The second-order valence-electron chi connectivity index (χ2n) is 5.58. The van der Waals surface area contributed by atoms with Gasteiger partial charge in [-0.1, -0.05) is 29.8 Å². The summed E-state index contributed by atoms with van der Waals surface area (Å²) in [6.07, 6.45) is 4.41. The lowest BCUT2D eigenvalue weighted by Gasteiger charge is -2.17. The molecule has 1 unspecified atom stereocenters. The number of benzene rings is 1. The number of hydrogen-bond donors (Lipinski definition) is 0. The monoisotopic (exact) mass is 297 g/mol. The van der Waals surface area contributed by atoms with Gasteiger partial charge >= 0.3 is 0 Å². The summed E-state index contributed by atoms with van der Waals surface area (Å²) in [5.74, 6) is 0.715. The first-order valence-electron chi connectivity index (χ1n) is 7.47. The van der Waals surface area contributed by atoms with Crippen molar-refractivity contribution in [3.05, 3.63) is 54.0 Å². The first-order chi connectivity index (χ1) is 10.7. The molecule has 2 aromatic rings. The van der Waals surface area contributed by atoms with Gasteiger partial charge in [0.2, 0.25) is 11.8 Å². The highest BCUT2D eigenvalue weighted by Crippen LogP contribution is 2.17. The summed E-state index contributed by atoms with van der Waals surface area (Å²) in [5.41, 5.74) is 2.24. The fraction of sp³-hybridized carbons (Fsp3) is 0.353. The Bertz CT molecular complexity index is 645. The van der Waals surface area contributed by atoms with Gasteiger partial charge < -0.3 is 9.64 Å². The Kier molecular flexibility index (Phi) is 4.32. The molecule has 0 bridgehead atoms. The third-order valence-corrected chi connectivity index (χ3v) is 3.78. The number of amides is 1. The summed E-state index contributed by atoms with van der Waals surface area (Å²) >= 11 is 0. The van der Waals surface area contributed by atoms with Crippen LogP contribution >= 0.6 is 0 Å². The van der Waals surface area contributed by atoms with E-state index in [-0.39, 0.29) is 12.0 Å². The van der Waals surface area contributed by atoms with Gasteiger partial charge in [-0.15, -0.1) is 0 Å². The zero-order chi connectivity index (χ0) is 15.4. The molecule has 2 heterocycles. The van der Waals surface area contributed by atoms with E-state index in [0.29, 0.717) is 18.8 Å². The van der Waals surface area contributed by atoms with Gasteiger partial charge in [-0.2, -0.15) is 0 Å². The van der Waals surface area contributed by atoms with Crippen molar-refractivity contribution in [2.75, 3.05) is 13.1 Å². The highest BCUT2D eigenvalue weighted by atomic mass is 16.5. The van der Waals surface area contributed by atoms with E-state index in [2.05, 4.69) is 16.0 Å². The van der Waals surface area contributed by atoms with Gasteiger partial charge in [0.1, 0.15) is 12.4 Å². The van der Waals surface area contributed by atoms with Crippen molar-refractivity contribution in [2.24, 2.45) is 0 Å². The van der Waals surface area contributed by atoms with Crippen molar-refractivity contribution >= 4 is 5.91 Å². The number of likely N-dealkylation sites (tertiary alicyclic amines) is 1. The van der Waals surface area contributed by atoms with Crippen molar-refractivity contribution in [3.8, 4) is 5.88 Å². The second kappa shape index (κ2) is 6.56. The molecule has 0 radical (unpaired) electrons. The molecule has 5 nitrogen and oxygen atoms in total. The predicted molar refractivity (Wildman–Crippen MR) is 82.5 cm³/mol. The lowest BCUT2D eigenvalue weighted by Crippen LogP contribution is -2.32. The van der Waals surface area contributed by atoms with Gasteiger partial charge in [-0.25, -0.2) is 9.97 Å². The predicted octanol–water partition coefficient (Wildman–Crippen LogP) is 2.01. The molecule has 0 saturated carbocycles. The quantitative estimate of drug-likeness (QED) is 0.866. The minimum Gasteiger partial charge on any atom is -0.472 e. The van der Waals surface area contributed by atoms with Crippen LogP contribution in [-0.4, -0.2) is 40.0 Å². The third-order valence-electron chi connectivity index (χ3n) is 3.78. The molecule has 22 heavy (non-hydrogen) atoms. The Morgan fingerprint density at radius 1 is 1.41 bits per heavy atom. The number of aryl methyl sites for hydroxylation is 1. The first-order valence-corrected chi connectivity index (χ1v) is 7.47. The Morgan fingerprint density at radius 2 is 2.32 bits per heavy atom. The molecule has 5 heteroatoms. The number of carbonyl (C=O) groups is 1. The largest absolute Gasteiger partial charge is 0.472 e. The molecule has 0 N–H and O–H groups in total. The average molecular weight is 297 g/mol. The molecule has 1 aromatic carbocycles. The summed E-state index contributed by atoms with van der Waals surface area (Å²) in [4.78, 5) is 22.2. The van der Waals surface area contributed by atoms with Crippen LogP contribution in [0.4, 0.5) is 0 Å². The second-order valence-corrected chi connectivity index (χ2v) is 5.58. The Balaban J connectivity index is 1.55. The third kappa shape index (κ3) is 3.61. The van der Waals surface area contributed by atoms with Crippen LogP contribution < -0.4 is 4.74 Å². The van der Waals surface area contributed by atoms with Crippen molar-refractivity contribution in [1.82, 2.24) is 14.9 Å². The molecule has 1 atom stereocenters. The maximum Gasteiger partial charge on any atom is 0.227 e. The maximum absolute atomic E-state index is 12.4. The number of aromatic nitrogens is 2. The van der Waals surface area contributed by atoms with Crippen LogP contribution in [0.15, 0.2) is 42.9 Å². The van der Waals surface area contributed by atoms with E-state index in [0.717, 1.165) is 18.5 Å². The van der Waals surface area contributed by atoms with E-state index in [9.17, 15) is 4.79 Å². The fourth-order valence-corrected chi connectivity index (χ4v) is 2.68. The van der Waals surface area contributed by atoms with Gasteiger partial charge in [-0.3, -0.25) is 4.79 Å². The van der Waals surface area contributed by atoms with Crippen LogP contribution in [0.5, 0.6) is 5.88 Å². The van der Waals surface area contributed by atoms with Crippen LogP contribution in [0.25, 0.3) is 0 Å². The smallest absolute Gasteiger partial charge is 0.227 e. The number of hydrogen-bond acceptors (Lipinski definition) is 4. The molecular weight excluding hydrogens is 278 g/mol. The number of ether oxygens (including phenoxy) is 1. The Morgan fingerprint density at radius 3 is 3.09 bits per heavy atom. The van der Waals surface area contributed by atoms with Gasteiger partial charge in [0.25, 0.3) is 0 Å². The van der Waals surface area contributed by atoms with E-state index in [1.807, 2.05) is 30.0 Å². The summed E-state index contributed by atoms with van der Waals surface area (Å²) in [6, 6.07) is 9.81. The van der Waals surface area contributed by atoms with E-state index < -0.39 is 0 Å². The van der Waals surface area contributed by atoms with Crippen molar-refractivity contribution in [3.63, 3.8) is 0 Å². The zero-order valence-electron chi connectivity index (χ0n) is 12.6. The standard InChI is InChI=1S/C17H19N3O2/c1-13-3-2-4-14(9-13)10-17(21)20-8-6-15(11-20)22-16-5-7-18-12-19-16/h2-5,7,9,12,15H,6,8,10-11H2,1H3. The van der Waals surface area contributed by atoms with E-state index >= 15 is 0 Å². The first kappa shape index (κ1) is 14.5. The number of carbonyl (C=O) groups excluding carboxylic acids is 1. The van der Waals surface area contributed by atoms with Gasteiger partial charge in [0.05, 0.1) is 13.0 Å². The molecule has 0 spiro atoms. The van der Waals surface area contributed by atoms with Crippen LogP contribution in [0.3, 0.4) is 0 Å². The van der Waals surface area contributed by atoms with E-state index in [4.69, 9.17) is 4.74 Å². The molecule has 1 saturated heterocycles. The van der Waals surface area contributed by atoms with E-state index in [1.54, 1.807) is 12.3 Å². The molecule has 1 aromatic heterocycles. The van der Waals surface area contributed by atoms with Crippen molar-refractivity contribution < 1.29 is 9.53 Å². The lowest BCUT2D eigenvalue weighted by atomic mass is 10.1. The van der Waals surface area contributed by atoms with E-state index in [1.165, 1.54) is 11.9 Å². The summed E-state index contributed by atoms with van der Waals surface area (Å²) in [6.45, 7) is 3.39. The van der Waals surface area contributed by atoms with Crippen LogP contribution in [-0.2, 0) is 11.2 Å². The minimum atomic E-state index is 0.0105. The molecule has 1 aliphatic heterocycles. The molecule has 1 aliphatic rings. The number of rotatable bonds is 4. The van der Waals surface area contributed by atoms with Gasteiger partial charge in [0.15, 0.2) is 0 Å². The van der Waals surface area contributed by atoms with Gasteiger partial charge in [0, 0.05) is 25.2 Å². The molecule has 114 valence electrons. The summed E-state index contributed by atoms with van der Waals surface area (Å²) in [7, 11) is 0. The van der Waals surface area contributed by atoms with Crippen molar-refractivity contribution in [2.45, 2.75) is 25.9 Å². The SMILES string of the molecule is Cc1cccc(CC(=O)N2CCC(Oc3ccncn3)C2)c1. The Hall–Kier alpha value is -2.43. The van der Waals surface area contributed by atoms with Crippen molar-refractivity contribution in [1.29, 1.82) is 0 Å². The number of nitrogens with zero attached hydrogens (tertiary/aromatic N) is 3. The van der Waals surface area contributed by atoms with Crippen LogP contribution in [0, 0.1) is 6.92 Å². The summed E-state index contributed by atoms with van der Waals surface area (Å²) in [5, 5.41) is 0. The van der Waals surface area contributed by atoms with Crippen LogP contribution in [0.1, 0.15) is 17.5 Å². The van der Waals surface area contributed by atoms with Crippen LogP contribution in [0.2, 0.25) is 0 Å². The Labute approximate surface area is 130 Å². The fourth-order valence-electron chi connectivity index (χ4n) is 2.68. The maximum atomic E-state index is 12.4. The molecular formula is C17H19N3O2. The molecule has 1 amide bonds. The normalized spacial score (nSPS) is 17.5. The highest BCUT2D eigenvalue weighted by molar-refractivity contribution is 5.79. The molecule has 1 fully saturated rings. The van der Waals surface area contributed by atoms with Gasteiger partial charge in [-0.05, 0) is 12.5 Å². The highest BCUT2D eigenvalue weighted by Gasteiger charge is 2.27. The zero-order valence-corrected chi connectivity index (χ0v) is 12.6. The lowest BCUT2D eigenvalue weighted by molar-refractivity contribution is -0.129. The molecule has 3 rings (SSSR count). The topological polar surface area (TPSA) is 55.3 Å². The average Bonchev–Trinajstić information content (AvgIpc) is 2.97. The minimum absolute atomic E-state index is 0.0105.